The molecule has 2 atom stereocenters. The summed E-state index contributed by atoms with van der Waals surface area (Å²) >= 11 is 0. The van der Waals surface area contributed by atoms with Crippen molar-refractivity contribution < 1.29 is 9.90 Å². The Morgan fingerprint density at radius 1 is 1.19 bits per heavy atom. The molecule has 4 heteroatoms. The first-order valence-electron chi connectivity index (χ1n) is 7.61. The molecule has 0 radical (unpaired) electrons. The topological polar surface area (TPSA) is 61.4 Å². The first-order chi connectivity index (χ1) is 9.88. The van der Waals surface area contributed by atoms with Crippen LogP contribution in [0.15, 0.2) is 30.3 Å². The van der Waals surface area contributed by atoms with Crippen molar-refractivity contribution in [1.29, 1.82) is 0 Å². The number of carbonyl (C=O) groups is 1. The summed E-state index contributed by atoms with van der Waals surface area (Å²) in [6.07, 6.45) is 1.38. The summed E-state index contributed by atoms with van der Waals surface area (Å²) in [4.78, 5) is 12.2. The van der Waals surface area contributed by atoms with Gasteiger partial charge in [0.1, 0.15) is 0 Å². The van der Waals surface area contributed by atoms with Gasteiger partial charge in [0.25, 0.3) is 0 Å². The first kappa shape index (κ1) is 17.5. The fourth-order valence-electron chi connectivity index (χ4n) is 2.34. The van der Waals surface area contributed by atoms with Crippen LogP contribution in [0.25, 0.3) is 0 Å². The molecule has 0 saturated carbocycles. The lowest BCUT2D eigenvalue weighted by Crippen LogP contribution is -2.46. The van der Waals surface area contributed by atoms with Crippen LogP contribution in [0.5, 0.6) is 0 Å². The van der Waals surface area contributed by atoms with Gasteiger partial charge in [-0.25, -0.2) is 4.79 Å². The van der Waals surface area contributed by atoms with Crippen LogP contribution < -0.4 is 10.6 Å². The van der Waals surface area contributed by atoms with Crippen molar-refractivity contribution in [2.45, 2.75) is 52.6 Å². The van der Waals surface area contributed by atoms with E-state index in [1.54, 1.807) is 0 Å². The second kappa shape index (κ2) is 8.03. The van der Waals surface area contributed by atoms with Gasteiger partial charge >= 0.3 is 6.03 Å². The van der Waals surface area contributed by atoms with Crippen molar-refractivity contribution in [3.63, 3.8) is 0 Å². The van der Waals surface area contributed by atoms with Gasteiger partial charge in [0.05, 0.1) is 6.04 Å². The first-order valence-corrected chi connectivity index (χ1v) is 7.61. The molecule has 0 heterocycles. The molecule has 118 valence electrons. The molecule has 0 saturated heterocycles. The van der Waals surface area contributed by atoms with Gasteiger partial charge < -0.3 is 15.7 Å². The predicted octanol–water partition coefficient (Wildman–Crippen LogP) is 3.23. The average Bonchev–Trinajstić information content (AvgIpc) is 2.44. The SMILES string of the molecule is CCC(CCO)NC(=O)NC(c1ccccc1)C(C)(C)C. The predicted molar refractivity (Wildman–Crippen MR) is 86.1 cm³/mol. The molecular weight excluding hydrogens is 264 g/mol. The van der Waals surface area contributed by atoms with Crippen molar-refractivity contribution in [1.82, 2.24) is 10.6 Å². The lowest BCUT2D eigenvalue weighted by Gasteiger charge is -2.32. The highest BCUT2D eigenvalue weighted by Gasteiger charge is 2.28. The van der Waals surface area contributed by atoms with Crippen LogP contribution in [0.4, 0.5) is 4.79 Å². The second-order valence-electron chi connectivity index (χ2n) is 6.44. The van der Waals surface area contributed by atoms with E-state index in [4.69, 9.17) is 5.11 Å². The molecule has 0 aliphatic rings. The molecule has 0 aromatic heterocycles. The molecule has 4 nitrogen and oxygen atoms in total. The van der Waals surface area contributed by atoms with E-state index in [0.29, 0.717) is 6.42 Å². The van der Waals surface area contributed by atoms with E-state index in [0.717, 1.165) is 12.0 Å². The third-order valence-electron chi connectivity index (χ3n) is 3.58. The Labute approximate surface area is 128 Å². The van der Waals surface area contributed by atoms with Crippen LogP contribution >= 0.6 is 0 Å². The molecule has 2 amide bonds. The number of urea groups is 1. The van der Waals surface area contributed by atoms with Gasteiger partial charge in [0.15, 0.2) is 0 Å². The van der Waals surface area contributed by atoms with E-state index in [2.05, 4.69) is 31.4 Å². The molecule has 0 aliphatic heterocycles. The molecule has 1 rings (SSSR count). The van der Waals surface area contributed by atoms with Crippen LogP contribution in [0, 0.1) is 5.41 Å². The summed E-state index contributed by atoms with van der Waals surface area (Å²) in [7, 11) is 0. The lowest BCUT2D eigenvalue weighted by molar-refractivity contribution is 0.209. The van der Waals surface area contributed by atoms with Crippen molar-refractivity contribution in [3.8, 4) is 0 Å². The van der Waals surface area contributed by atoms with Gasteiger partial charge in [0, 0.05) is 12.6 Å². The average molecular weight is 292 g/mol. The van der Waals surface area contributed by atoms with E-state index in [-0.39, 0.29) is 30.1 Å². The fourth-order valence-corrected chi connectivity index (χ4v) is 2.34. The Balaban J connectivity index is 2.76. The zero-order valence-corrected chi connectivity index (χ0v) is 13.5. The fraction of sp³-hybridized carbons (Fsp3) is 0.588. The van der Waals surface area contributed by atoms with Crippen LogP contribution in [0.3, 0.4) is 0 Å². The van der Waals surface area contributed by atoms with E-state index in [1.807, 2.05) is 37.3 Å². The quantitative estimate of drug-likeness (QED) is 0.754. The summed E-state index contributed by atoms with van der Waals surface area (Å²) in [6, 6.07) is 9.75. The van der Waals surface area contributed by atoms with Crippen LogP contribution in [0.2, 0.25) is 0 Å². The standard InChI is InChI=1S/C17H28N2O2/c1-5-14(11-12-20)18-16(21)19-15(17(2,3)4)13-9-7-6-8-10-13/h6-10,14-15,20H,5,11-12H2,1-4H3,(H2,18,19,21). The minimum Gasteiger partial charge on any atom is -0.396 e. The van der Waals surface area contributed by atoms with Crippen LogP contribution in [-0.4, -0.2) is 23.8 Å². The number of nitrogens with one attached hydrogen (secondary N) is 2. The van der Waals surface area contributed by atoms with E-state index in [9.17, 15) is 4.79 Å². The highest BCUT2D eigenvalue weighted by molar-refractivity contribution is 5.74. The van der Waals surface area contributed by atoms with Crippen molar-refractivity contribution >= 4 is 6.03 Å². The zero-order chi connectivity index (χ0) is 15.9. The Bertz CT molecular complexity index is 426. The summed E-state index contributed by atoms with van der Waals surface area (Å²) in [5.41, 5.74) is 1.01. The minimum atomic E-state index is -0.181. The Hall–Kier alpha value is -1.55. The highest BCUT2D eigenvalue weighted by Crippen LogP contribution is 2.32. The smallest absolute Gasteiger partial charge is 0.315 e. The van der Waals surface area contributed by atoms with Crippen molar-refractivity contribution in [2.75, 3.05) is 6.61 Å². The molecule has 21 heavy (non-hydrogen) atoms. The van der Waals surface area contributed by atoms with Gasteiger partial charge in [0.2, 0.25) is 0 Å². The number of aliphatic hydroxyl groups excluding tert-OH is 1. The van der Waals surface area contributed by atoms with Gasteiger partial charge in [-0.05, 0) is 23.8 Å². The number of hydrogen-bond acceptors (Lipinski definition) is 2. The highest BCUT2D eigenvalue weighted by atomic mass is 16.3. The molecule has 0 bridgehead atoms. The van der Waals surface area contributed by atoms with E-state index in [1.165, 1.54) is 0 Å². The number of aliphatic hydroxyl groups is 1. The zero-order valence-electron chi connectivity index (χ0n) is 13.5. The molecular formula is C17H28N2O2. The number of hydrogen-bond donors (Lipinski definition) is 3. The van der Waals surface area contributed by atoms with Crippen LogP contribution in [-0.2, 0) is 0 Å². The molecule has 1 aromatic carbocycles. The van der Waals surface area contributed by atoms with Gasteiger partial charge in [-0.2, -0.15) is 0 Å². The number of carbonyl (C=O) groups excluding carboxylic acids is 1. The van der Waals surface area contributed by atoms with Gasteiger partial charge in [-0.15, -0.1) is 0 Å². The second-order valence-corrected chi connectivity index (χ2v) is 6.44. The summed E-state index contributed by atoms with van der Waals surface area (Å²) < 4.78 is 0. The van der Waals surface area contributed by atoms with Crippen LogP contribution in [0.1, 0.15) is 52.1 Å². The van der Waals surface area contributed by atoms with Gasteiger partial charge in [-0.3, -0.25) is 0 Å². The van der Waals surface area contributed by atoms with Crippen molar-refractivity contribution in [2.24, 2.45) is 5.41 Å². The lowest BCUT2D eigenvalue weighted by atomic mass is 9.82. The molecule has 1 aromatic rings. The third-order valence-corrected chi connectivity index (χ3v) is 3.58. The molecule has 0 fully saturated rings. The molecule has 2 unspecified atom stereocenters. The normalized spacial score (nSPS) is 14.3. The summed E-state index contributed by atoms with van der Waals surface area (Å²) in [5.74, 6) is 0. The Kier molecular flexibility index (Phi) is 6.69. The Morgan fingerprint density at radius 3 is 2.29 bits per heavy atom. The number of amides is 2. The Morgan fingerprint density at radius 2 is 1.81 bits per heavy atom. The summed E-state index contributed by atoms with van der Waals surface area (Å²) in [6.45, 7) is 8.40. The van der Waals surface area contributed by atoms with E-state index < -0.39 is 0 Å². The largest absolute Gasteiger partial charge is 0.396 e. The molecule has 3 N–H and O–H groups in total. The summed E-state index contributed by atoms with van der Waals surface area (Å²) in [5, 5.41) is 15.0. The number of rotatable bonds is 6. The maximum atomic E-state index is 12.2. The third kappa shape index (κ3) is 5.76. The maximum absolute atomic E-state index is 12.2. The van der Waals surface area contributed by atoms with E-state index >= 15 is 0 Å². The maximum Gasteiger partial charge on any atom is 0.315 e. The minimum absolute atomic E-state index is 0.00592. The molecule has 0 spiro atoms. The monoisotopic (exact) mass is 292 g/mol. The van der Waals surface area contributed by atoms with Crippen molar-refractivity contribution in [3.05, 3.63) is 35.9 Å². The van der Waals surface area contributed by atoms with Gasteiger partial charge in [-0.1, -0.05) is 58.0 Å². The number of benzene rings is 1. The molecule has 0 aliphatic carbocycles.